The van der Waals surface area contributed by atoms with Gasteiger partial charge in [0.2, 0.25) is 21.5 Å². The molecule has 31 heavy (non-hydrogen) atoms. The molecule has 0 saturated heterocycles. The van der Waals surface area contributed by atoms with Crippen LogP contribution in [0.3, 0.4) is 0 Å². The van der Waals surface area contributed by atoms with E-state index in [4.69, 9.17) is 11.6 Å². The van der Waals surface area contributed by atoms with Gasteiger partial charge in [-0.1, -0.05) is 11.6 Å². The summed E-state index contributed by atoms with van der Waals surface area (Å²) < 4.78 is 69.1. The van der Waals surface area contributed by atoms with Gasteiger partial charge in [0.05, 0.1) is 28.8 Å². The number of hydrogen-bond donors (Lipinski definition) is 4. The largest absolute Gasteiger partial charge is 0.465 e. The van der Waals surface area contributed by atoms with E-state index in [-0.39, 0.29) is 19.2 Å². The molecule has 2 amide bonds. The first-order chi connectivity index (χ1) is 14.1. The molecule has 1 rings (SSSR count). The maximum Gasteiger partial charge on any atom is 0.426 e. The van der Waals surface area contributed by atoms with Crippen LogP contribution in [0.15, 0.2) is 23.1 Å². The van der Waals surface area contributed by atoms with Gasteiger partial charge in [-0.3, -0.25) is 14.4 Å². The van der Waals surface area contributed by atoms with Gasteiger partial charge in [-0.15, -0.1) is 0 Å². The van der Waals surface area contributed by atoms with Gasteiger partial charge in [-0.2, -0.15) is 13.2 Å². The van der Waals surface area contributed by atoms with Crippen molar-refractivity contribution in [3.05, 3.63) is 23.2 Å². The minimum absolute atomic E-state index is 0.103. The zero-order chi connectivity index (χ0) is 24.0. The molecular formula is C16H19ClF3N3O7S. The maximum atomic E-state index is 12.7. The van der Waals surface area contributed by atoms with Crippen molar-refractivity contribution in [3.63, 3.8) is 0 Å². The van der Waals surface area contributed by atoms with Crippen LogP contribution in [0.25, 0.3) is 0 Å². The fourth-order valence-corrected chi connectivity index (χ4v) is 3.13. The Morgan fingerprint density at radius 1 is 1.19 bits per heavy atom. The summed E-state index contributed by atoms with van der Waals surface area (Å²) in [5.41, 5.74) is -4.10. The number of amides is 2. The topological polar surface area (TPSA) is 151 Å². The molecule has 0 fully saturated rings. The van der Waals surface area contributed by atoms with Gasteiger partial charge in [0.15, 0.2) is 0 Å². The van der Waals surface area contributed by atoms with E-state index in [0.717, 1.165) is 18.2 Å². The van der Waals surface area contributed by atoms with Gasteiger partial charge >= 0.3 is 12.1 Å². The minimum Gasteiger partial charge on any atom is -0.465 e. The van der Waals surface area contributed by atoms with Crippen molar-refractivity contribution >= 4 is 45.1 Å². The Kier molecular flexibility index (Phi) is 8.81. The average Bonchev–Trinajstić information content (AvgIpc) is 2.65. The molecular weight excluding hydrogens is 471 g/mol. The Hall–Kier alpha value is -2.42. The lowest BCUT2D eigenvalue weighted by Crippen LogP contribution is -2.52. The number of nitrogens with one attached hydrogen (secondary N) is 3. The third-order valence-corrected chi connectivity index (χ3v) is 5.36. The van der Waals surface area contributed by atoms with Crippen LogP contribution in [0.2, 0.25) is 5.02 Å². The molecule has 0 spiro atoms. The van der Waals surface area contributed by atoms with E-state index in [2.05, 4.69) is 10.1 Å². The average molecular weight is 490 g/mol. The first-order valence-electron chi connectivity index (χ1n) is 8.44. The first kappa shape index (κ1) is 26.6. The predicted molar refractivity (Wildman–Crippen MR) is 102 cm³/mol. The second kappa shape index (κ2) is 10.3. The molecule has 1 atom stereocenters. The second-order valence-electron chi connectivity index (χ2n) is 6.07. The molecule has 0 aliphatic heterocycles. The Labute approximate surface area is 180 Å². The van der Waals surface area contributed by atoms with E-state index in [1.807, 2.05) is 4.72 Å². The zero-order valence-electron chi connectivity index (χ0n) is 16.2. The summed E-state index contributed by atoms with van der Waals surface area (Å²) in [4.78, 5) is 34.0. The van der Waals surface area contributed by atoms with Crippen LogP contribution in [-0.4, -0.2) is 62.8 Å². The molecule has 1 aromatic rings. The van der Waals surface area contributed by atoms with E-state index in [9.17, 15) is 41.1 Å². The predicted octanol–water partition coefficient (Wildman–Crippen LogP) is 0.549. The lowest BCUT2D eigenvalue weighted by molar-refractivity contribution is -0.242. The van der Waals surface area contributed by atoms with Crippen LogP contribution in [0, 0.1) is 0 Å². The van der Waals surface area contributed by atoms with Crippen molar-refractivity contribution in [2.45, 2.75) is 30.5 Å². The lowest BCUT2D eigenvalue weighted by Gasteiger charge is -2.25. The number of alkyl halides is 3. The molecule has 0 radical (unpaired) electrons. The van der Waals surface area contributed by atoms with Gasteiger partial charge in [-0.05, 0) is 32.0 Å². The van der Waals surface area contributed by atoms with Crippen LogP contribution >= 0.6 is 11.6 Å². The van der Waals surface area contributed by atoms with Crippen molar-refractivity contribution in [1.82, 2.24) is 10.0 Å². The minimum atomic E-state index is -5.26. The molecule has 15 heteroatoms. The number of aliphatic hydroxyl groups is 1. The SMILES string of the molecule is CCOC(=O)CNC(=O)CNS(=O)(=O)c1ccc(NC(=O)C(C)(O)C(F)(F)F)c(Cl)c1. The maximum absolute atomic E-state index is 12.7. The van der Waals surface area contributed by atoms with Gasteiger partial charge in [0, 0.05) is 0 Å². The molecule has 0 heterocycles. The molecule has 0 aliphatic rings. The Bertz CT molecular complexity index is 952. The van der Waals surface area contributed by atoms with E-state index in [1.54, 1.807) is 12.2 Å². The van der Waals surface area contributed by atoms with Crippen molar-refractivity contribution in [2.75, 3.05) is 25.0 Å². The van der Waals surface area contributed by atoms with Gasteiger partial charge in [0.25, 0.3) is 5.91 Å². The summed E-state index contributed by atoms with van der Waals surface area (Å²) >= 11 is 5.82. The van der Waals surface area contributed by atoms with Gasteiger partial charge in [-0.25, -0.2) is 13.1 Å². The molecule has 0 saturated carbocycles. The smallest absolute Gasteiger partial charge is 0.426 e. The van der Waals surface area contributed by atoms with Crippen molar-refractivity contribution < 1.29 is 45.8 Å². The van der Waals surface area contributed by atoms with Crippen LogP contribution in [0.5, 0.6) is 0 Å². The zero-order valence-corrected chi connectivity index (χ0v) is 17.7. The lowest BCUT2D eigenvalue weighted by atomic mass is 10.1. The van der Waals surface area contributed by atoms with Crippen LogP contribution < -0.4 is 15.4 Å². The molecule has 174 valence electrons. The van der Waals surface area contributed by atoms with E-state index < -0.39 is 62.6 Å². The van der Waals surface area contributed by atoms with Crippen molar-refractivity contribution in [3.8, 4) is 0 Å². The third-order valence-electron chi connectivity index (χ3n) is 3.65. The molecule has 0 aliphatic carbocycles. The fraction of sp³-hybridized carbons (Fsp3) is 0.438. The molecule has 1 unspecified atom stereocenters. The van der Waals surface area contributed by atoms with Crippen molar-refractivity contribution in [2.24, 2.45) is 0 Å². The highest BCUT2D eigenvalue weighted by Gasteiger charge is 2.55. The van der Waals surface area contributed by atoms with E-state index in [1.165, 1.54) is 0 Å². The number of esters is 1. The van der Waals surface area contributed by atoms with Gasteiger partial charge in [0.1, 0.15) is 6.54 Å². The summed E-state index contributed by atoms with van der Waals surface area (Å²) in [6, 6.07) is 2.63. The fourth-order valence-electron chi connectivity index (χ4n) is 1.83. The summed E-state index contributed by atoms with van der Waals surface area (Å²) in [5.74, 6) is -3.37. The molecule has 0 bridgehead atoms. The third kappa shape index (κ3) is 7.34. The normalized spacial score (nSPS) is 13.8. The van der Waals surface area contributed by atoms with Gasteiger partial charge < -0.3 is 20.5 Å². The molecule has 1 aromatic carbocycles. The van der Waals surface area contributed by atoms with Crippen LogP contribution in [0.1, 0.15) is 13.8 Å². The summed E-state index contributed by atoms with van der Waals surface area (Å²) in [5, 5.41) is 12.8. The number of halogens is 4. The number of ether oxygens (including phenoxy) is 1. The molecule has 0 aromatic heterocycles. The number of rotatable bonds is 9. The Balaban J connectivity index is 2.82. The summed E-state index contributed by atoms with van der Waals surface area (Å²) in [6.07, 6.45) is -5.26. The number of hydrogen-bond acceptors (Lipinski definition) is 7. The number of benzene rings is 1. The highest BCUT2D eigenvalue weighted by Crippen LogP contribution is 2.32. The molecule has 4 N–H and O–H groups in total. The highest BCUT2D eigenvalue weighted by molar-refractivity contribution is 7.89. The monoisotopic (exact) mass is 489 g/mol. The standard InChI is InChI=1S/C16H19ClF3N3O7S/c1-3-30-13(25)8-21-12(24)7-22-31(28,29)9-4-5-11(10(17)6-9)23-14(26)15(2,27)16(18,19)20/h4-6,22,27H,3,7-8H2,1-2H3,(H,21,24)(H,23,26). The number of sulfonamides is 1. The Morgan fingerprint density at radius 2 is 1.81 bits per heavy atom. The number of carbonyl (C=O) groups is 3. The molecule has 10 nitrogen and oxygen atoms in total. The van der Waals surface area contributed by atoms with E-state index >= 15 is 0 Å². The first-order valence-corrected chi connectivity index (χ1v) is 10.3. The van der Waals surface area contributed by atoms with Crippen LogP contribution in [-0.2, 0) is 29.1 Å². The van der Waals surface area contributed by atoms with E-state index in [0.29, 0.717) is 0 Å². The summed E-state index contributed by atoms with van der Waals surface area (Å²) in [7, 11) is -4.28. The highest BCUT2D eigenvalue weighted by atomic mass is 35.5. The van der Waals surface area contributed by atoms with Crippen LogP contribution in [0.4, 0.5) is 18.9 Å². The quantitative estimate of drug-likeness (QED) is 0.370. The number of anilines is 1. The second-order valence-corrected chi connectivity index (χ2v) is 8.25. The Morgan fingerprint density at radius 3 is 2.32 bits per heavy atom. The summed E-state index contributed by atoms with van der Waals surface area (Å²) in [6.45, 7) is 0.718. The van der Waals surface area contributed by atoms with Crippen molar-refractivity contribution in [1.29, 1.82) is 0 Å². The number of carbonyl (C=O) groups excluding carboxylic acids is 3.